The molecule has 1 heterocycles. The van der Waals surface area contributed by atoms with Crippen LogP contribution in [0.1, 0.15) is 30.7 Å². The van der Waals surface area contributed by atoms with Gasteiger partial charge >= 0.3 is 0 Å². The second-order valence-electron chi connectivity index (χ2n) is 7.98. The molecule has 0 saturated heterocycles. The van der Waals surface area contributed by atoms with Crippen molar-refractivity contribution in [2.45, 2.75) is 32.1 Å². The van der Waals surface area contributed by atoms with Crippen LogP contribution in [0.3, 0.4) is 0 Å². The molecule has 4 rings (SSSR count). The summed E-state index contributed by atoms with van der Waals surface area (Å²) in [6.07, 6.45) is 4.54. The summed E-state index contributed by atoms with van der Waals surface area (Å²) >= 11 is 0. The molecule has 0 aliphatic carbocycles. The fourth-order valence-corrected chi connectivity index (χ4v) is 3.93. The van der Waals surface area contributed by atoms with Gasteiger partial charge in [0, 0.05) is 20.0 Å². The van der Waals surface area contributed by atoms with Gasteiger partial charge in [-0.3, -0.25) is 4.79 Å². The Morgan fingerprint density at radius 3 is 2.32 bits per heavy atom. The van der Waals surface area contributed by atoms with E-state index in [9.17, 15) is 4.79 Å². The standard InChI is InChI=1S/C27H29N3O/c1-30-25-13-8-7-12-24(25)29-26(30)14-6-3-9-19-28-27(31)20-21-15-17-23(18-16-21)22-10-4-2-5-11-22/h2,4-5,7-8,10-13,15-18H,3,6,9,14,19-20H2,1H3,(H,28,31). The quantitative estimate of drug-likeness (QED) is 0.379. The zero-order chi connectivity index (χ0) is 21.5. The lowest BCUT2D eigenvalue weighted by molar-refractivity contribution is -0.120. The number of para-hydroxylation sites is 2. The molecule has 0 radical (unpaired) electrons. The number of carbonyl (C=O) groups is 1. The van der Waals surface area contributed by atoms with Gasteiger partial charge in [-0.05, 0) is 41.7 Å². The van der Waals surface area contributed by atoms with Crippen molar-refractivity contribution < 1.29 is 4.79 Å². The van der Waals surface area contributed by atoms with Crippen LogP contribution >= 0.6 is 0 Å². The third-order valence-corrected chi connectivity index (χ3v) is 5.70. The van der Waals surface area contributed by atoms with Crippen LogP contribution < -0.4 is 5.32 Å². The number of carbonyl (C=O) groups excluding carboxylic acids is 1. The largest absolute Gasteiger partial charge is 0.356 e. The molecule has 1 aromatic heterocycles. The van der Waals surface area contributed by atoms with Gasteiger partial charge in [-0.2, -0.15) is 0 Å². The number of rotatable bonds is 9. The Labute approximate surface area is 183 Å². The number of benzene rings is 3. The maximum absolute atomic E-state index is 12.2. The van der Waals surface area contributed by atoms with Gasteiger partial charge in [0.25, 0.3) is 0 Å². The number of aromatic nitrogens is 2. The Kier molecular flexibility index (Phi) is 6.78. The lowest BCUT2D eigenvalue weighted by Crippen LogP contribution is -2.26. The van der Waals surface area contributed by atoms with Gasteiger partial charge in [0.05, 0.1) is 17.5 Å². The number of fused-ring (bicyclic) bond motifs is 1. The van der Waals surface area contributed by atoms with E-state index in [0.717, 1.165) is 49.1 Å². The fraction of sp³-hybridized carbons (Fsp3) is 0.259. The van der Waals surface area contributed by atoms with Crippen LogP contribution in [0.25, 0.3) is 22.2 Å². The van der Waals surface area contributed by atoms with Gasteiger partial charge in [-0.25, -0.2) is 4.98 Å². The van der Waals surface area contributed by atoms with Gasteiger partial charge in [-0.1, -0.05) is 73.2 Å². The second kappa shape index (κ2) is 10.1. The summed E-state index contributed by atoms with van der Waals surface area (Å²) in [5.41, 5.74) is 5.65. The van der Waals surface area contributed by atoms with Crippen LogP contribution in [0.15, 0.2) is 78.9 Å². The number of hydrogen-bond acceptors (Lipinski definition) is 2. The van der Waals surface area contributed by atoms with Crippen molar-refractivity contribution in [3.05, 3.63) is 90.3 Å². The zero-order valence-corrected chi connectivity index (χ0v) is 18.1. The molecular weight excluding hydrogens is 382 g/mol. The molecule has 0 aliphatic rings. The minimum Gasteiger partial charge on any atom is -0.356 e. The molecule has 31 heavy (non-hydrogen) atoms. The predicted molar refractivity (Wildman–Crippen MR) is 127 cm³/mol. The minimum absolute atomic E-state index is 0.0859. The summed E-state index contributed by atoms with van der Waals surface area (Å²) in [5, 5.41) is 3.05. The summed E-state index contributed by atoms with van der Waals surface area (Å²) in [4.78, 5) is 17.0. The molecule has 158 valence electrons. The Bertz CT molecular complexity index is 1130. The van der Waals surface area contributed by atoms with Crippen LogP contribution in [-0.4, -0.2) is 22.0 Å². The number of imidazole rings is 1. The highest BCUT2D eigenvalue weighted by atomic mass is 16.1. The van der Waals surface area contributed by atoms with Gasteiger partial charge in [0.2, 0.25) is 5.91 Å². The number of hydrogen-bond donors (Lipinski definition) is 1. The Balaban J connectivity index is 1.15. The highest BCUT2D eigenvalue weighted by Crippen LogP contribution is 2.19. The van der Waals surface area contributed by atoms with E-state index in [0.29, 0.717) is 6.42 Å². The van der Waals surface area contributed by atoms with Gasteiger partial charge < -0.3 is 9.88 Å². The SMILES string of the molecule is Cn1c(CCCCCNC(=O)Cc2ccc(-c3ccccc3)cc2)nc2ccccc21. The van der Waals surface area contributed by atoms with E-state index in [2.05, 4.69) is 53.3 Å². The average molecular weight is 412 g/mol. The molecule has 0 saturated carbocycles. The van der Waals surface area contributed by atoms with E-state index in [4.69, 9.17) is 4.98 Å². The van der Waals surface area contributed by atoms with Crippen molar-refractivity contribution in [2.75, 3.05) is 6.54 Å². The van der Waals surface area contributed by atoms with Crippen LogP contribution in [0.4, 0.5) is 0 Å². The number of unbranched alkanes of at least 4 members (excludes halogenated alkanes) is 2. The summed E-state index contributed by atoms with van der Waals surface area (Å²) < 4.78 is 2.18. The average Bonchev–Trinajstić information content (AvgIpc) is 3.13. The topological polar surface area (TPSA) is 46.9 Å². The first-order valence-electron chi connectivity index (χ1n) is 11.0. The van der Waals surface area contributed by atoms with Crippen molar-refractivity contribution in [1.82, 2.24) is 14.9 Å². The highest BCUT2D eigenvalue weighted by Gasteiger charge is 2.07. The number of aryl methyl sites for hydroxylation is 2. The smallest absolute Gasteiger partial charge is 0.224 e. The lowest BCUT2D eigenvalue weighted by atomic mass is 10.0. The summed E-state index contributed by atoms with van der Waals surface area (Å²) in [6.45, 7) is 0.726. The number of nitrogens with zero attached hydrogens (tertiary/aromatic N) is 2. The summed E-state index contributed by atoms with van der Waals surface area (Å²) in [6, 6.07) is 26.8. The van der Waals surface area contributed by atoms with Crippen molar-refractivity contribution >= 4 is 16.9 Å². The van der Waals surface area contributed by atoms with E-state index < -0.39 is 0 Å². The first-order valence-corrected chi connectivity index (χ1v) is 11.0. The summed E-state index contributed by atoms with van der Waals surface area (Å²) in [7, 11) is 2.08. The van der Waals surface area contributed by atoms with Crippen molar-refractivity contribution in [3.8, 4) is 11.1 Å². The zero-order valence-electron chi connectivity index (χ0n) is 18.1. The number of nitrogens with one attached hydrogen (secondary N) is 1. The fourth-order valence-electron chi connectivity index (χ4n) is 3.93. The van der Waals surface area contributed by atoms with E-state index >= 15 is 0 Å². The maximum Gasteiger partial charge on any atom is 0.224 e. The third kappa shape index (κ3) is 5.40. The Morgan fingerprint density at radius 2 is 1.55 bits per heavy atom. The molecule has 0 bridgehead atoms. The molecule has 4 nitrogen and oxygen atoms in total. The molecule has 1 N–H and O–H groups in total. The molecule has 0 fully saturated rings. The van der Waals surface area contributed by atoms with Gasteiger partial charge in [0.1, 0.15) is 5.82 Å². The second-order valence-corrected chi connectivity index (χ2v) is 7.98. The Hall–Kier alpha value is -3.40. The molecule has 0 atom stereocenters. The maximum atomic E-state index is 12.2. The monoisotopic (exact) mass is 411 g/mol. The van der Waals surface area contributed by atoms with E-state index in [-0.39, 0.29) is 5.91 Å². The molecule has 1 amide bonds. The van der Waals surface area contributed by atoms with E-state index in [1.807, 2.05) is 42.5 Å². The first kappa shape index (κ1) is 20.9. The first-order chi connectivity index (χ1) is 15.2. The van der Waals surface area contributed by atoms with Crippen molar-refractivity contribution in [3.63, 3.8) is 0 Å². The molecule has 4 heteroatoms. The normalized spacial score (nSPS) is 11.0. The minimum atomic E-state index is 0.0859. The molecular formula is C27H29N3O. The molecule has 0 spiro atoms. The van der Waals surface area contributed by atoms with Crippen LogP contribution in [0.2, 0.25) is 0 Å². The van der Waals surface area contributed by atoms with E-state index in [1.54, 1.807) is 0 Å². The molecule has 4 aromatic rings. The lowest BCUT2D eigenvalue weighted by Gasteiger charge is -2.07. The molecule has 3 aromatic carbocycles. The number of amides is 1. The molecule has 0 unspecified atom stereocenters. The van der Waals surface area contributed by atoms with Crippen molar-refractivity contribution in [2.24, 2.45) is 7.05 Å². The molecule has 0 aliphatic heterocycles. The summed E-state index contributed by atoms with van der Waals surface area (Å²) in [5.74, 6) is 1.21. The van der Waals surface area contributed by atoms with Gasteiger partial charge in [-0.15, -0.1) is 0 Å². The van der Waals surface area contributed by atoms with Crippen LogP contribution in [0, 0.1) is 0 Å². The van der Waals surface area contributed by atoms with Crippen LogP contribution in [0.5, 0.6) is 0 Å². The van der Waals surface area contributed by atoms with Gasteiger partial charge in [0.15, 0.2) is 0 Å². The van der Waals surface area contributed by atoms with E-state index in [1.165, 1.54) is 16.6 Å². The predicted octanol–water partition coefficient (Wildman–Crippen LogP) is 5.31. The van der Waals surface area contributed by atoms with Crippen molar-refractivity contribution in [1.29, 1.82) is 0 Å². The highest BCUT2D eigenvalue weighted by molar-refractivity contribution is 5.79. The third-order valence-electron chi connectivity index (χ3n) is 5.70. The van der Waals surface area contributed by atoms with Crippen LogP contribution in [-0.2, 0) is 24.7 Å². The Morgan fingerprint density at radius 1 is 0.839 bits per heavy atom.